The zero-order valence-corrected chi connectivity index (χ0v) is 28.6. The van der Waals surface area contributed by atoms with Crippen molar-refractivity contribution in [3.63, 3.8) is 0 Å². The van der Waals surface area contributed by atoms with Gasteiger partial charge in [-0.15, -0.1) is 0 Å². The van der Waals surface area contributed by atoms with Crippen molar-refractivity contribution in [1.29, 1.82) is 0 Å². The topological polar surface area (TPSA) is 19.1 Å². The van der Waals surface area contributed by atoms with Gasteiger partial charge in [0.05, 0.1) is 39.7 Å². The minimum absolute atomic E-state index is 0.643. The summed E-state index contributed by atoms with van der Waals surface area (Å²) in [5.41, 5.74) is 13.4. The minimum Gasteiger partial charge on any atom is -0.309 e. The zero-order chi connectivity index (χ0) is 35.0. The molecule has 0 aliphatic heterocycles. The van der Waals surface area contributed by atoms with E-state index < -0.39 is 0 Å². The second-order valence-electron chi connectivity index (χ2n) is 13.7. The van der Waals surface area contributed by atoms with Crippen molar-refractivity contribution in [3.8, 4) is 28.2 Å². The van der Waals surface area contributed by atoms with Crippen LogP contribution in [0.3, 0.4) is 0 Å². The van der Waals surface area contributed by atoms with Crippen molar-refractivity contribution in [2.24, 2.45) is 0 Å². The molecule has 0 aliphatic rings. The van der Waals surface area contributed by atoms with Gasteiger partial charge in [-0.1, -0.05) is 97.1 Å². The molecule has 0 atom stereocenters. The summed E-state index contributed by atoms with van der Waals surface area (Å²) in [6, 6.07) is 65.1. The van der Waals surface area contributed by atoms with Gasteiger partial charge < -0.3 is 13.7 Å². The number of para-hydroxylation sites is 4. The molecule has 4 heteroatoms. The third kappa shape index (κ3) is 4.35. The Morgan fingerprint density at radius 3 is 1.19 bits per heavy atom. The maximum Gasteiger partial charge on any atom is 0.187 e. The Kier molecular flexibility index (Phi) is 6.28. The lowest BCUT2D eigenvalue weighted by atomic mass is 10.0. The lowest BCUT2D eigenvalue weighted by molar-refractivity contribution is 1.17. The molecular weight excluding hydrogens is 645 g/mol. The van der Waals surface area contributed by atoms with Crippen molar-refractivity contribution in [1.82, 2.24) is 13.7 Å². The fourth-order valence-electron chi connectivity index (χ4n) is 8.49. The molecule has 53 heavy (non-hydrogen) atoms. The predicted octanol–water partition coefficient (Wildman–Crippen LogP) is 13.2. The molecular formula is C49H30N4. The average Bonchev–Trinajstić information content (AvgIpc) is 3.86. The van der Waals surface area contributed by atoms with Gasteiger partial charge in [0.25, 0.3) is 0 Å². The van der Waals surface area contributed by atoms with E-state index in [2.05, 4.69) is 176 Å². The number of hydrogen-bond donors (Lipinski definition) is 0. The van der Waals surface area contributed by atoms with Crippen LogP contribution in [0.4, 0.5) is 5.69 Å². The van der Waals surface area contributed by atoms with Crippen LogP contribution in [0.1, 0.15) is 0 Å². The summed E-state index contributed by atoms with van der Waals surface area (Å²) in [5, 5.41) is 7.36. The predicted molar refractivity (Wildman–Crippen MR) is 221 cm³/mol. The smallest absolute Gasteiger partial charge is 0.187 e. The number of rotatable bonds is 4. The van der Waals surface area contributed by atoms with Gasteiger partial charge >= 0.3 is 0 Å². The number of hydrogen-bond acceptors (Lipinski definition) is 0. The highest BCUT2D eigenvalue weighted by Crippen LogP contribution is 2.40. The summed E-state index contributed by atoms with van der Waals surface area (Å²) >= 11 is 0. The van der Waals surface area contributed by atoms with Gasteiger partial charge in [0.2, 0.25) is 0 Å². The minimum atomic E-state index is 0.643. The maximum atomic E-state index is 7.40. The lowest BCUT2D eigenvalue weighted by Crippen LogP contribution is -1.95. The maximum absolute atomic E-state index is 7.40. The molecule has 0 fully saturated rings. The van der Waals surface area contributed by atoms with E-state index in [1.165, 1.54) is 65.5 Å². The Bertz CT molecular complexity index is 3280. The van der Waals surface area contributed by atoms with Gasteiger partial charge in [0, 0.05) is 49.4 Å². The molecule has 0 amide bonds. The SMILES string of the molecule is [C-]#[N+]c1ccc(-n2c3ccccc3c3cc(-c4ccc5c(c4)c4ccccc4n5-c4ccc5c(c4)c4ccccc4n5-c4ccccc4)ccc32)cc1. The van der Waals surface area contributed by atoms with Crippen LogP contribution < -0.4 is 0 Å². The molecule has 0 saturated carbocycles. The van der Waals surface area contributed by atoms with Crippen LogP contribution in [-0.2, 0) is 0 Å². The van der Waals surface area contributed by atoms with Crippen molar-refractivity contribution >= 4 is 71.1 Å². The Balaban J connectivity index is 1.09. The fourth-order valence-corrected chi connectivity index (χ4v) is 8.49. The molecule has 0 aliphatic carbocycles. The van der Waals surface area contributed by atoms with Crippen LogP contribution in [0.2, 0.25) is 0 Å². The second-order valence-corrected chi connectivity index (χ2v) is 13.7. The molecule has 11 aromatic rings. The first-order chi connectivity index (χ1) is 26.2. The van der Waals surface area contributed by atoms with Crippen molar-refractivity contribution in [2.45, 2.75) is 0 Å². The summed E-state index contributed by atoms with van der Waals surface area (Å²) in [4.78, 5) is 3.59. The van der Waals surface area contributed by atoms with E-state index in [1.807, 2.05) is 24.3 Å². The van der Waals surface area contributed by atoms with Crippen molar-refractivity contribution in [3.05, 3.63) is 193 Å². The number of benzene rings is 8. The van der Waals surface area contributed by atoms with Crippen LogP contribution >= 0.6 is 0 Å². The first kappa shape index (κ1) is 29.4. The molecule has 0 radical (unpaired) electrons. The molecule has 3 aromatic heterocycles. The molecule has 0 saturated heterocycles. The third-order valence-corrected chi connectivity index (χ3v) is 10.8. The van der Waals surface area contributed by atoms with Crippen LogP contribution in [0.15, 0.2) is 182 Å². The number of aromatic nitrogens is 3. The van der Waals surface area contributed by atoms with Gasteiger partial charge in [-0.3, -0.25) is 0 Å². The van der Waals surface area contributed by atoms with Gasteiger partial charge in [-0.2, -0.15) is 0 Å². The van der Waals surface area contributed by atoms with Gasteiger partial charge in [-0.25, -0.2) is 4.85 Å². The van der Waals surface area contributed by atoms with Crippen LogP contribution in [0.25, 0.3) is 98.5 Å². The van der Waals surface area contributed by atoms with Crippen molar-refractivity contribution in [2.75, 3.05) is 0 Å². The highest BCUT2D eigenvalue weighted by atomic mass is 15.0. The van der Waals surface area contributed by atoms with E-state index in [0.29, 0.717) is 5.69 Å². The summed E-state index contributed by atoms with van der Waals surface area (Å²) in [6.07, 6.45) is 0. The summed E-state index contributed by atoms with van der Waals surface area (Å²) in [6.45, 7) is 7.40. The van der Waals surface area contributed by atoms with E-state index >= 15 is 0 Å². The molecule has 0 spiro atoms. The van der Waals surface area contributed by atoms with E-state index in [9.17, 15) is 0 Å². The highest BCUT2D eigenvalue weighted by molar-refractivity contribution is 6.14. The first-order valence-electron chi connectivity index (χ1n) is 17.9. The fraction of sp³-hybridized carbons (Fsp3) is 0. The van der Waals surface area contributed by atoms with E-state index in [0.717, 1.165) is 28.1 Å². The largest absolute Gasteiger partial charge is 0.309 e. The first-order valence-corrected chi connectivity index (χ1v) is 17.9. The Morgan fingerprint density at radius 1 is 0.302 bits per heavy atom. The normalized spacial score (nSPS) is 11.8. The standard InChI is InChI=1S/C49H30N4/c1-50-34-21-23-36(24-22-34)52-44-16-8-5-13-38(44)41-29-32(19-26-47(41)52)33-20-27-48-42(30-33)39-14-6-10-18-46(39)53(48)37-25-28-49-43(31-37)40-15-7-9-17-45(40)51(49)35-11-3-2-4-12-35/h2-31H. The Hall–Kier alpha value is -7.35. The van der Waals surface area contributed by atoms with E-state index in [4.69, 9.17) is 6.57 Å². The van der Waals surface area contributed by atoms with Gasteiger partial charge in [-0.05, 0) is 96.1 Å². The van der Waals surface area contributed by atoms with Crippen LogP contribution in [0, 0.1) is 6.57 Å². The Labute approximate surface area is 305 Å². The monoisotopic (exact) mass is 674 g/mol. The lowest BCUT2D eigenvalue weighted by Gasteiger charge is -2.11. The molecule has 0 bridgehead atoms. The van der Waals surface area contributed by atoms with Gasteiger partial charge in [0.15, 0.2) is 5.69 Å². The number of fused-ring (bicyclic) bond motifs is 9. The highest BCUT2D eigenvalue weighted by Gasteiger charge is 2.18. The average molecular weight is 675 g/mol. The molecule has 4 nitrogen and oxygen atoms in total. The molecule has 8 aromatic carbocycles. The molecule has 246 valence electrons. The summed E-state index contributed by atoms with van der Waals surface area (Å²) in [7, 11) is 0. The molecule has 0 N–H and O–H groups in total. The van der Waals surface area contributed by atoms with Crippen LogP contribution in [-0.4, -0.2) is 13.7 Å². The molecule has 11 rings (SSSR count). The summed E-state index contributed by atoms with van der Waals surface area (Å²) in [5.74, 6) is 0. The Morgan fingerprint density at radius 2 is 0.679 bits per heavy atom. The van der Waals surface area contributed by atoms with E-state index in [-0.39, 0.29) is 0 Å². The summed E-state index contributed by atoms with van der Waals surface area (Å²) < 4.78 is 7.08. The molecule has 3 heterocycles. The quantitative estimate of drug-likeness (QED) is 0.166. The zero-order valence-electron chi connectivity index (χ0n) is 28.6. The number of nitrogens with zero attached hydrogens (tertiary/aromatic N) is 4. The molecule has 0 unspecified atom stereocenters. The van der Waals surface area contributed by atoms with Crippen LogP contribution in [0.5, 0.6) is 0 Å². The third-order valence-electron chi connectivity index (χ3n) is 10.8. The van der Waals surface area contributed by atoms with Gasteiger partial charge in [0.1, 0.15) is 0 Å². The second kappa shape index (κ2) is 11.3. The van der Waals surface area contributed by atoms with Crippen molar-refractivity contribution < 1.29 is 0 Å². The van der Waals surface area contributed by atoms with E-state index in [1.54, 1.807) is 0 Å².